The van der Waals surface area contributed by atoms with Crippen molar-refractivity contribution in [2.75, 3.05) is 13.7 Å². The molecule has 0 aromatic heterocycles. The van der Waals surface area contributed by atoms with Crippen LogP contribution in [0.25, 0.3) is 0 Å². The summed E-state index contributed by atoms with van der Waals surface area (Å²) in [5.74, 6) is 0.0755. The van der Waals surface area contributed by atoms with Crippen LogP contribution in [0.5, 0.6) is 5.75 Å². The summed E-state index contributed by atoms with van der Waals surface area (Å²) < 4.78 is 18.6. The number of carbonyl (C=O) groups is 1. The lowest BCUT2D eigenvalue weighted by atomic mass is 9.89. The third kappa shape index (κ3) is 3.69. The molecule has 0 aliphatic heterocycles. The molecule has 1 fully saturated rings. The fourth-order valence-electron chi connectivity index (χ4n) is 2.53. The molecule has 104 valence electrons. The summed E-state index contributed by atoms with van der Waals surface area (Å²) in [5, 5.41) is 2.83. The molecule has 0 radical (unpaired) electrons. The largest absolute Gasteiger partial charge is 0.497 e. The number of nitrogens with one attached hydrogen (secondary N) is 1. The van der Waals surface area contributed by atoms with E-state index in [9.17, 15) is 9.18 Å². The molecule has 3 nitrogen and oxygen atoms in total. The molecule has 0 saturated heterocycles. The van der Waals surface area contributed by atoms with Gasteiger partial charge in [0.05, 0.1) is 12.7 Å². The average Bonchev–Trinajstić information content (AvgIpc) is 2.45. The molecule has 1 aromatic rings. The molecule has 0 unspecified atom stereocenters. The Morgan fingerprint density at radius 2 is 2.11 bits per heavy atom. The van der Waals surface area contributed by atoms with Gasteiger partial charge >= 0.3 is 0 Å². The van der Waals surface area contributed by atoms with Crippen molar-refractivity contribution in [3.05, 3.63) is 29.6 Å². The van der Waals surface area contributed by atoms with Crippen LogP contribution in [0.15, 0.2) is 18.2 Å². The minimum Gasteiger partial charge on any atom is -0.497 e. The zero-order chi connectivity index (χ0) is 13.7. The third-order valence-electron chi connectivity index (χ3n) is 3.70. The number of halogens is 1. The van der Waals surface area contributed by atoms with E-state index < -0.39 is 5.82 Å². The van der Waals surface area contributed by atoms with Gasteiger partial charge in [-0.1, -0.05) is 19.3 Å². The molecule has 1 aliphatic carbocycles. The van der Waals surface area contributed by atoms with Gasteiger partial charge in [0.2, 0.25) is 0 Å². The molecule has 4 heteroatoms. The van der Waals surface area contributed by atoms with Gasteiger partial charge in [0.25, 0.3) is 5.91 Å². The molecule has 1 saturated carbocycles. The lowest BCUT2D eigenvalue weighted by Crippen LogP contribution is -2.30. The summed E-state index contributed by atoms with van der Waals surface area (Å²) in [6, 6.07) is 4.29. The zero-order valence-electron chi connectivity index (χ0n) is 11.2. The number of ether oxygens (including phenoxy) is 1. The first-order chi connectivity index (χ1) is 9.20. The number of benzene rings is 1. The zero-order valence-corrected chi connectivity index (χ0v) is 11.2. The lowest BCUT2D eigenvalue weighted by Gasteiger charge is -2.21. The van der Waals surface area contributed by atoms with Crippen molar-refractivity contribution in [1.82, 2.24) is 5.32 Å². The molecule has 0 atom stereocenters. The summed E-state index contributed by atoms with van der Waals surface area (Å²) in [6.45, 7) is 0.643. The fraction of sp³-hybridized carbons (Fsp3) is 0.533. The van der Waals surface area contributed by atoms with E-state index in [2.05, 4.69) is 5.32 Å². The highest BCUT2D eigenvalue weighted by atomic mass is 19.1. The van der Waals surface area contributed by atoms with E-state index in [1.165, 1.54) is 38.5 Å². The van der Waals surface area contributed by atoms with Crippen LogP contribution in [-0.4, -0.2) is 19.6 Å². The highest BCUT2D eigenvalue weighted by molar-refractivity contribution is 5.94. The van der Waals surface area contributed by atoms with Gasteiger partial charge in [-0.3, -0.25) is 4.79 Å². The van der Waals surface area contributed by atoms with Gasteiger partial charge in [0.1, 0.15) is 11.6 Å². The molecular weight excluding hydrogens is 245 g/mol. The number of methoxy groups -OCH3 is 1. The smallest absolute Gasteiger partial charge is 0.254 e. The monoisotopic (exact) mass is 265 g/mol. The van der Waals surface area contributed by atoms with Gasteiger partial charge in [0.15, 0.2) is 0 Å². The van der Waals surface area contributed by atoms with E-state index in [1.54, 1.807) is 6.07 Å². The van der Waals surface area contributed by atoms with Crippen molar-refractivity contribution in [2.45, 2.75) is 32.1 Å². The summed E-state index contributed by atoms with van der Waals surface area (Å²) >= 11 is 0. The number of hydrogen-bond acceptors (Lipinski definition) is 2. The van der Waals surface area contributed by atoms with Crippen molar-refractivity contribution in [3.63, 3.8) is 0 Å². The first kappa shape index (κ1) is 13.8. The maximum atomic E-state index is 13.7. The van der Waals surface area contributed by atoms with Crippen LogP contribution >= 0.6 is 0 Å². The minimum absolute atomic E-state index is 0.0802. The standard InChI is InChI=1S/C15H20FNO2/c1-19-12-7-8-13(14(16)9-12)15(18)17-10-11-5-3-2-4-6-11/h7-9,11H,2-6,10H2,1H3,(H,17,18). The summed E-state index contributed by atoms with van der Waals surface area (Å²) in [5.41, 5.74) is 0.0802. The van der Waals surface area contributed by atoms with E-state index in [4.69, 9.17) is 4.74 Å². The topological polar surface area (TPSA) is 38.3 Å². The highest BCUT2D eigenvalue weighted by Gasteiger charge is 2.16. The Morgan fingerprint density at radius 1 is 1.37 bits per heavy atom. The van der Waals surface area contributed by atoms with Crippen LogP contribution in [0.2, 0.25) is 0 Å². The molecule has 0 spiro atoms. The molecule has 1 N–H and O–H groups in total. The molecule has 2 rings (SSSR count). The Kier molecular flexibility index (Phi) is 4.77. The van der Waals surface area contributed by atoms with E-state index in [-0.39, 0.29) is 11.5 Å². The molecule has 0 heterocycles. The normalized spacial score (nSPS) is 16.1. The SMILES string of the molecule is COc1ccc(C(=O)NCC2CCCCC2)c(F)c1. The number of amides is 1. The molecule has 19 heavy (non-hydrogen) atoms. The average molecular weight is 265 g/mol. The summed E-state index contributed by atoms with van der Waals surface area (Å²) in [4.78, 5) is 11.9. The molecular formula is C15H20FNO2. The van der Waals surface area contributed by atoms with Crippen molar-refractivity contribution in [1.29, 1.82) is 0 Å². The molecule has 0 bridgehead atoms. The van der Waals surface area contributed by atoms with Crippen LogP contribution in [0.4, 0.5) is 4.39 Å². The van der Waals surface area contributed by atoms with Gasteiger partial charge < -0.3 is 10.1 Å². The van der Waals surface area contributed by atoms with E-state index in [0.29, 0.717) is 18.2 Å². The molecule has 1 aliphatic rings. The Balaban J connectivity index is 1.92. The van der Waals surface area contributed by atoms with Gasteiger partial charge in [-0.15, -0.1) is 0 Å². The minimum atomic E-state index is -0.541. The number of hydrogen-bond donors (Lipinski definition) is 1. The van der Waals surface area contributed by atoms with Crippen LogP contribution in [-0.2, 0) is 0 Å². The first-order valence-corrected chi connectivity index (χ1v) is 6.82. The predicted molar refractivity (Wildman–Crippen MR) is 71.9 cm³/mol. The summed E-state index contributed by atoms with van der Waals surface area (Å²) in [7, 11) is 1.47. The summed E-state index contributed by atoms with van der Waals surface area (Å²) in [6.07, 6.45) is 6.07. The Bertz CT molecular complexity index is 442. The van der Waals surface area contributed by atoms with Crippen LogP contribution in [0.1, 0.15) is 42.5 Å². The van der Waals surface area contributed by atoms with Crippen molar-refractivity contribution in [2.24, 2.45) is 5.92 Å². The van der Waals surface area contributed by atoms with Crippen LogP contribution in [0.3, 0.4) is 0 Å². The Labute approximate surface area is 113 Å². The maximum absolute atomic E-state index is 13.7. The second-order valence-electron chi connectivity index (χ2n) is 5.06. The van der Waals surface area contributed by atoms with E-state index in [0.717, 1.165) is 12.8 Å². The maximum Gasteiger partial charge on any atom is 0.254 e. The predicted octanol–water partition coefficient (Wildman–Crippen LogP) is 3.14. The highest BCUT2D eigenvalue weighted by Crippen LogP contribution is 2.23. The number of carbonyl (C=O) groups excluding carboxylic acids is 1. The molecule has 1 aromatic carbocycles. The second-order valence-corrected chi connectivity index (χ2v) is 5.06. The lowest BCUT2D eigenvalue weighted by molar-refractivity contribution is 0.0939. The van der Waals surface area contributed by atoms with Crippen LogP contribution in [0, 0.1) is 11.7 Å². The Morgan fingerprint density at radius 3 is 2.74 bits per heavy atom. The quantitative estimate of drug-likeness (QED) is 0.908. The van der Waals surface area contributed by atoms with Crippen molar-refractivity contribution in [3.8, 4) is 5.75 Å². The van der Waals surface area contributed by atoms with Gasteiger partial charge in [-0.05, 0) is 30.9 Å². The second kappa shape index (κ2) is 6.55. The van der Waals surface area contributed by atoms with Crippen LogP contribution < -0.4 is 10.1 Å². The third-order valence-corrected chi connectivity index (χ3v) is 3.70. The van der Waals surface area contributed by atoms with Crippen molar-refractivity contribution < 1.29 is 13.9 Å². The van der Waals surface area contributed by atoms with Gasteiger partial charge in [0, 0.05) is 12.6 Å². The fourth-order valence-corrected chi connectivity index (χ4v) is 2.53. The number of rotatable bonds is 4. The first-order valence-electron chi connectivity index (χ1n) is 6.82. The van der Waals surface area contributed by atoms with E-state index in [1.807, 2.05) is 0 Å². The Hall–Kier alpha value is -1.58. The van der Waals surface area contributed by atoms with Gasteiger partial charge in [-0.25, -0.2) is 4.39 Å². The van der Waals surface area contributed by atoms with E-state index >= 15 is 0 Å². The van der Waals surface area contributed by atoms with Gasteiger partial charge in [-0.2, -0.15) is 0 Å². The van der Waals surface area contributed by atoms with Crippen molar-refractivity contribution >= 4 is 5.91 Å². The molecule has 1 amide bonds.